The molecule has 2 heterocycles. The molecule has 0 bridgehead atoms. The maximum Gasteiger partial charge on any atom is 0.412 e. The molecule has 2 aliphatic rings. The molecule has 3 N–H and O–H groups in total. The molecule has 4 rings (SSSR count). The largest absolute Gasteiger partial charge is 0.497 e. The molecule has 1 amide bonds. The van der Waals surface area contributed by atoms with Crippen molar-refractivity contribution in [2.45, 2.75) is 24.4 Å². The molecule has 4 atom stereocenters. The van der Waals surface area contributed by atoms with Crippen LogP contribution in [0.1, 0.15) is 0 Å². The third-order valence-corrected chi connectivity index (χ3v) is 5.43. The number of amides is 1. The van der Waals surface area contributed by atoms with Crippen LogP contribution in [-0.4, -0.2) is 63.0 Å². The van der Waals surface area contributed by atoms with Gasteiger partial charge in [-0.2, -0.15) is 0 Å². The Bertz CT molecular complexity index is 938. The fraction of sp³-hybridized carbons (Fsp3) is 0.364. The molecule has 0 saturated carbocycles. The average Bonchev–Trinajstić information content (AvgIpc) is 3.37. The number of anilines is 2. The molecule has 0 unspecified atom stereocenters. The highest BCUT2D eigenvalue weighted by Gasteiger charge is 2.49. The summed E-state index contributed by atoms with van der Waals surface area (Å²) in [6.07, 6.45) is -1.70. The van der Waals surface area contributed by atoms with Crippen LogP contribution in [-0.2, 0) is 14.2 Å². The minimum absolute atomic E-state index is 0.182. The molecule has 10 heteroatoms. The third-order valence-electron chi connectivity index (χ3n) is 5.21. The number of hydrogen-bond donors (Lipinski definition) is 3. The van der Waals surface area contributed by atoms with E-state index in [1.807, 2.05) is 30.3 Å². The van der Waals surface area contributed by atoms with E-state index in [2.05, 4.69) is 16.0 Å². The van der Waals surface area contributed by atoms with Crippen molar-refractivity contribution in [3.8, 4) is 11.5 Å². The van der Waals surface area contributed by atoms with Gasteiger partial charge in [-0.05, 0) is 24.4 Å². The number of hydrogen-bond acceptors (Lipinski definition) is 7. The van der Waals surface area contributed by atoms with Gasteiger partial charge in [0.05, 0.1) is 33.5 Å². The van der Waals surface area contributed by atoms with Gasteiger partial charge in [-0.25, -0.2) is 4.79 Å². The van der Waals surface area contributed by atoms with Gasteiger partial charge in [0.15, 0.2) is 11.2 Å². The summed E-state index contributed by atoms with van der Waals surface area (Å²) in [5.74, 6) is 1.29. The van der Waals surface area contributed by atoms with E-state index >= 15 is 0 Å². The molecule has 2 aliphatic heterocycles. The van der Waals surface area contributed by atoms with Gasteiger partial charge in [-0.3, -0.25) is 5.32 Å². The molecule has 0 aromatic heterocycles. The Labute approximate surface area is 191 Å². The molecular formula is C22H25N3O6S. The first-order valence-electron chi connectivity index (χ1n) is 10.1. The van der Waals surface area contributed by atoms with Gasteiger partial charge in [-0.15, -0.1) is 0 Å². The number of benzene rings is 2. The number of carbonyl (C=O) groups is 1. The Hall–Kier alpha value is -3.08. The maximum absolute atomic E-state index is 12.2. The topological polar surface area (TPSA) is 99.3 Å². The SMILES string of the molecule is COc1cc(NC(=S)N[C@@H]2CO[C@@H]3[C@@H]2OC[C@H]3OC(=O)Nc2ccccc2)cc(OC)c1. The van der Waals surface area contributed by atoms with E-state index in [-0.39, 0.29) is 24.9 Å². The minimum Gasteiger partial charge on any atom is -0.497 e. The molecule has 9 nitrogen and oxygen atoms in total. The van der Waals surface area contributed by atoms with Crippen LogP contribution in [0.3, 0.4) is 0 Å². The summed E-state index contributed by atoms with van der Waals surface area (Å²) in [6, 6.07) is 14.3. The van der Waals surface area contributed by atoms with Crippen molar-refractivity contribution >= 4 is 34.8 Å². The van der Waals surface area contributed by atoms with Crippen LogP contribution >= 0.6 is 12.2 Å². The molecule has 2 fully saturated rings. The number of methoxy groups -OCH3 is 2. The fourth-order valence-corrected chi connectivity index (χ4v) is 3.98. The summed E-state index contributed by atoms with van der Waals surface area (Å²) < 4.78 is 27.8. The Morgan fingerprint density at radius 2 is 1.62 bits per heavy atom. The van der Waals surface area contributed by atoms with Gasteiger partial charge in [0.1, 0.15) is 23.7 Å². The summed E-state index contributed by atoms with van der Waals surface area (Å²) in [5, 5.41) is 9.45. The maximum atomic E-state index is 12.2. The first kappa shape index (κ1) is 22.1. The Balaban J connectivity index is 1.30. The summed E-state index contributed by atoms with van der Waals surface area (Å²) in [4.78, 5) is 12.2. The number of thiocarbonyl (C=S) groups is 1. The molecule has 0 spiro atoms. The van der Waals surface area contributed by atoms with Gasteiger partial charge >= 0.3 is 6.09 Å². The van der Waals surface area contributed by atoms with Crippen molar-refractivity contribution in [1.29, 1.82) is 0 Å². The number of para-hydroxylation sites is 1. The van der Waals surface area contributed by atoms with Crippen molar-refractivity contribution in [1.82, 2.24) is 5.32 Å². The Morgan fingerprint density at radius 3 is 2.31 bits per heavy atom. The van der Waals surface area contributed by atoms with E-state index < -0.39 is 12.2 Å². The smallest absolute Gasteiger partial charge is 0.412 e. The number of fused-ring (bicyclic) bond motifs is 1. The van der Waals surface area contributed by atoms with Gasteiger partial charge < -0.3 is 34.3 Å². The van der Waals surface area contributed by atoms with Crippen LogP contribution in [0, 0.1) is 0 Å². The van der Waals surface area contributed by atoms with E-state index in [1.54, 1.807) is 32.4 Å². The summed E-state index contributed by atoms with van der Waals surface area (Å²) in [5.41, 5.74) is 1.38. The molecule has 170 valence electrons. The van der Waals surface area contributed by atoms with Crippen molar-refractivity contribution in [2.75, 3.05) is 38.1 Å². The number of carbonyl (C=O) groups excluding carboxylic acids is 1. The molecule has 2 aromatic rings. The number of rotatable bonds is 6. The standard InChI is InChI=1S/C22H25N3O6S/c1-27-15-8-14(9-16(10-15)28-2)23-21(32)25-17-11-29-20-18(12-30-19(17)20)31-22(26)24-13-6-4-3-5-7-13/h3-10,17-20H,11-12H2,1-2H3,(H,24,26)(H2,23,25,32)/t17-,18-,19-,20+/m1/s1. The van der Waals surface area contributed by atoms with Crippen LogP contribution in [0.5, 0.6) is 11.5 Å². The van der Waals surface area contributed by atoms with Crippen molar-refractivity contribution in [3.05, 3.63) is 48.5 Å². The zero-order valence-corrected chi connectivity index (χ0v) is 18.5. The van der Waals surface area contributed by atoms with E-state index in [0.29, 0.717) is 28.9 Å². The molecular weight excluding hydrogens is 434 g/mol. The number of ether oxygens (including phenoxy) is 5. The first-order chi connectivity index (χ1) is 15.6. The average molecular weight is 460 g/mol. The third kappa shape index (κ3) is 5.21. The summed E-state index contributed by atoms with van der Waals surface area (Å²) in [7, 11) is 3.17. The van der Waals surface area contributed by atoms with Gasteiger partial charge in [-0.1, -0.05) is 18.2 Å². The monoisotopic (exact) mass is 459 g/mol. The van der Waals surface area contributed by atoms with E-state index in [4.69, 9.17) is 35.9 Å². The highest BCUT2D eigenvalue weighted by atomic mass is 32.1. The predicted octanol–water partition coefficient (Wildman–Crippen LogP) is 2.77. The second-order valence-electron chi connectivity index (χ2n) is 7.34. The van der Waals surface area contributed by atoms with Gasteiger partial charge in [0, 0.05) is 29.6 Å². The quantitative estimate of drug-likeness (QED) is 0.563. The Kier molecular flexibility index (Phi) is 6.93. The minimum atomic E-state index is -0.547. The summed E-state index contributed by atoms with van der Waals surface area (Å²) >= 11 is 5.45. The van der Waals surface area contributed by atoms with Crippen molar-refractivity contribution in [3.63, 3.8) is 0 Å². The van der Waals surface area contributed by atoms with E-state index in [9.17, 15) is 4.79 Å². The highest BCUT2D eigenvalue weighted by Crippen LogP contribution is 2.30. The van der Waals surface area contributed by atoms with Gasteiger partial charge in [0.25, 0.3) is 0 Å². The molecule has 2 aromatic carbocycles. The zero-order valence-electron chi connectivity index (χ0n) is 17.7. The predicted molar refractivity (Wildman–Crippen MR) is 123 cm³/mol. The molecule has 2 saturated heterocycles. The Morgan fingerprint density at radius 1 is 0.938 bits per heavy atom. The normalized spacial score (nSPS) is 23.7. The second-order valence-corrected chi connectivity index (χ2v) is 7.75. The molecule has 0 radical (unpaired) electrons. The second kappa shape index (κ2) is 10.0. The molecule has 0 aliphatic carbocycles. The lowest BCUT2D eigenvalue weighted by atomic mass is 10.1. The fourth-order valence-electron chi connectivity index (χ4n) is 3.71. The van der Waals surface area contributed by atoms with Crippen LogP contribution < -0.4 is 25.4 Å². The van der Waals surface area contributed by atoms with Crippen LogP contribution in [0.15, 0.2) is 48.5 Å². The van der Waals surface area contributed by atoms with Crippen LogP contribution in [0.25, 0.3) is 0 Å². The first-order valence-corrected chi connectivity index (χ1v) is 10.5. The van der Waals surface area contributed by atoms with E-state index in [0.717, 1.165) is 5.69 Å². The van der Waals surface area contributed by atoms with Crippen molar-refractivity contribution < 1.29 is 28.5 Å². The summed E-state index contributed by atoms with van der Waals surface area (Å²) in [6.45, 7) is 0.627. The van der Waals surface area contributed by atoms with Crippen molar-refractivity contribution in [2.24, 2.45) is 0 Å². The lowest BCUT2D eigenvalue weighted by Gasteiger charge is -2.20. The van der Waals surface area contributed by atoms with Gasteiger partial charge in [0.2, 0.25) is 0 Å². The lowest BCUT2D eigenvalue weighted by molar-refractivity contribution is 0.00880. The van der Waals surface area contributed by atoms with Crippen LogP contribution in [0.4, 0.5) is 16.2 Å². The zero-order chi connectivity index (χ0) is 22.5. The number of nitrogens with one attached hydrogen (secondary N) is 3. The highest BCUT2D eigenvalue weighted by molar-refractivity contribution is 7.80. The van der Waals surface area contributed by atoms with E-state index in [1.165, 1.54) is 0 Å². The molecule has 32 heavy (non-hydrogen) atoms. The lowest BCUT2D eigenvalue weighted by Crippen LogP contribution is -2.46. The van der Waals surface area contributed by atoms with Crippen LogP contribution in [0.2, 0.25) is 0 Å².